The van der Waals surface area contributed by atoms with E-state index in [-0.39, 0.29) is 11.7 Å². The molecule has 1 N–H and O–H groups in total. The van der Waals surface area contributed by atoms with Crippen LogP contribution in [0, 0.1) is 4.78 Å². The van der Waals surface area contributed by atoms with Crippen LogP contribution in [0.4, 0.5) is 0 Å². The lowest BCUT2D eigenvalue weighted by molar-refractivity contribution is 0.592. The normalized spacial score (nSPS) is 14.5. The predicted molar refractivity (Wildman–Crippen MR) is 105 cm³/mol. The molecule has 28 heavy (non-hydrogen) atoms. The smallest absolute Gasteiger partial charge is 0.279 e. The molecule has 0 fully saturated rings. The number of aromatic nitrogens is 4. The van der Waals surface area contributed by atoms with Crippen molar-refractivity contribution in [2.75, 3.05) is 12.5 Å². The van der Waals surface area contributed by atoms with Crippen LogP contribution in [0.3, 0.4) is 0 Å². The molecular weight excluding hydrogens is 402 g/mol. The van der Waals surface area contributed by atoms with Gasteiger partial charge in [0.2, 0.25) is 15.6 Å². The van der Waals surface area contributed by atoms with Gasteiger partial charge in [-0.05, 0) is 23.6 Å². The summed E-state index contributed by atoms with van der Waals surface area (Å²) < 4.78 is 45.8. The third kappa shape index (κ3) is 3.85. The van der Waals surface area contributed by atoms with Gasteiger partial charge in [0.15, 0.2) is 0 Å². The van der Waals surface area contributed by atoms with E-state index in [2.05, 4.69) is 10.1 Å². The summed E-state index contributed by atoms with van der Waals surface area (Å²) in [5.41, 5.74) is 0.896. The molecule has 2 heterocycles. The lowest BCUT2D eigenvalue weighted by Gasteiger charge is -2.12. The molecule has 150 valence electrons. The molecule has 0 saturated heterocycles. The van der Waals surface area contributed by atoms with Gasteiger partial charge in [0.1, 0.15) is 0 Å². The van der Waals surface area contributed by atoms with E-state index in [1.165, 1.54) is 6.26 Å². The second kappa shape index (κ2) is 6.82. The number of nitrogens with zero attached hydrogens (tertiary/aromatic N) is 4. The van der Waals surface area contributed by atoms with E-state index < -0.39 is 30.3 Å². The minimum atomic E-state index is -3.67. The van der Waals surface area contributed by atoms with Gasteiger partial charge in [-0.1, -0.05) is 26.0 Å². The quantitative estimate of drug-likeness (QED) is 0.662. The molecule has 9 nitrogen and oxygen atoms in total. The van der Waals surface area contributed by atoms with E-state index in [0.717, 1.165) is 16.3 Å². The fourth-order valence-corrected chi connectivity index (χ4v) is 3.86. The van der Waals surface area contributed by atoms with E-state index in [1.54, 1.807) is 35.0 Å². The third-order valence-electron chi connectivity index (χ3n) is 4.24. The Morgan fingerprint density at radius 3 is 2.21 bits per heavy atom. The summed E-state index contributed by atoms with van der Waals surface area (Å²) >= 11 is 0. The summed E-state index contributed by atoms with van der Waals surface area (Å²) in [6.07, 6.45) is 4.00. The maximum absolute atomic E-state index is 12.7. The van der Waals surface area contributed by atoms with Crippen molar-refractivity contribution in [3.8, 4) is 0 Å². The topological polar surface area (TPSA) is 127 Å². The lowest BCUT2D eigenvalue weighted by atomic mass is 10.1. The first-order valence-electron chi connectivity index (χ1n) is 8.41. The molecule has 0 aliphatic rings. The molecule has 3 rings (SSSR count). The van der Waals surface area contributed by atoms with Gasteiger partial charge in [0, 0.05) is 29.2 Å². The highest BCUT2D eigenvalue weighted by Gasteiger charge is 2.20. The van der Waals surface area contributed by atoms with E-state index in [0.29, 0.717) is 17.0 Å². The molecule has 2 aromatic heterocycles. The number of hydrogen-bond donors (Lipinski definition) is 1. The maximum Gasteiger partial charge on any atom is 0.279 e. The molecule has 0 amide bonds. The van der Waals surface area contributed by atoms with Crippen LogP contribution >= 0.6 is 0 Å². The molecule has 0 saturated carbocycles. The van der Waals surface area contributed by atoms with E-state index in [9.17, 15) is 17.4 Å². The zero-order valence-corrected chi connectivity index (χ0v) is 17.5. The Morgan fingerprint density at radius 1 is 1.11 bits per heavy atom. The molecule has 3 aromatic rings. The third-order valence-corrected chi connectivity index (χ3v) is 6.25. The van der Waals surface area contributed by atoms with Crippen LogP contribution in [-0.4, -0.2) is 44.3 Å². The minimum absolute atomic E-state index is 0.0931. The molecule has 0 bridgehead atoms. The Balaban J connectivity index is 2.18. The zero-order valence-electron chi connectivity index (χ0n) is 15.9. The van der Waals surface area contributed by atoms with Crippen LogP contribution in [-0.2, 0) is 26.1 Å². The van der Waals surface area contributed by atoms with Gasteiger partial charge < -0.3 is 4.57 Å². The summed E-state index contributed by atoms with van der Waals surface area (Å²) in [7, 11) is -6.48. The largest absolute Gasteiger partial charge is 0.312 e. The van der Waals surface area contributed by atoms with Gasteiger partial charge in [0.25, 0.3) is 10.7 Å². The Bertz CT molecular complexity index is 1320. The van der Waals surface area contributed by atoms with Gasteiger partial charge in [0.05, 0.1) is 16.3 Å². The average Bonchev–Trinajstić information content (AvgIpc) is 3.03. The SMILES string of the molecule is CC(C)c1cn(Cc2ccc(S(C)(=N)=O)cc2)c2nc(S(C)(=O)=O)nn2c1=O. The van der Waals surface area contributed by atoms with Crippen molar-refractivity contribution in [3.05, 3.63) is 51.9 Å². The summed E-state index contributed by atoms with van der Waals surface area (Å²) in [4.78, 5) is 17.1. The first kappa shape index (κ1) is 20.2. The monoisotopic (exact) mass is 423 g/mol. The van der Waals surface area contributed by atoms with Crippen LogP contribution in [0.2, 0.25) is 0 Å². The van der Waals surface area contributed by atoms with Gasteiger partial charge in [-0.3, -0.25) is 4.79 Å². The average molecular weight is 424 g/mol. The van der Waals surface area contributed by atoms with Crippen LogP contribution < -0.4 is 5.56 Å². The predicted octanol–water partition coefficient (Wildman–Crippen LogP) is 1.50. The minimum Gasteiger partial charge on any atom is -0.312 e. The maximum atomic E-state index is 12.7. The Hall–Kier alpha value is -2.53. The molecule has 0 aliphatic heterocycles. The fraction of sp³-hybridized carbons (Fsp3) is 0.353. The Morgan fingerprint density at radius 2 is 1.71 bits per heavy atom. The number of nitrogens with one attached hydrogen (secondary N) is 1. The van der Waals surface area contributed by atoms with Gasteiger partial charge in [-0.2, -0.15) is 9.50 Å². The van der Waals surface area contributed by atoms with Crippen molar-refractivity contribution in [2.45, 2.75) is 36.4 Å². The van der Waals surface area contributed by atoms with Crippen molar-refractivity contribution in [1.82, 2.24) is 19.2 Å². The number of fused-ring (bicyclic) bond motifs is 1. The van der Waals surface area contributed by atoms with Crippen molar-refractivity contribution >= 4 is 25.3 Å². The lowest BCUT2D eigenvalue weighted by Crippen LogP contribution is -2.24. The highest BCUT2D eigenvalue weighted by Crippen LogP contribution is 2.16. The summed E-state index contributed by atoms with van der Waals surface area (Å²) in [6, 6.07) is 6.73. The molecule has 0 aliphatic carbocycles. The van der Waals surface area contributed by atoms with Crippen LogP contribution in [0.15, 0.2) is 45.3 Å². The van der Waals surface area contributed by atoms with Gasteiger partial charge in [-0.25, -0.2) is 17.4 Å². The molecule has 0 radical (unpaired) electrons. The first-order valence-corrected chi connectivity index (χ1v) is 12.3. The van der Waals surface area contributed by atoms with Crippen molar-refractivity contribution in [1.29, 1.82) is 4.78 Å². The number of sulfone groups is 1. The standard InChI is InChI=1S/C17H21N5O4S2/c1-11(2)14-10-21(9-12-5-7-13(8-6-12)27(3,18)24)17-19-16(28(4,25)26)20-22(17)15(14)23/h5-8,10-11,18H,9H2,1-4H3. The van der Waals surface area contributed by atoms with Gasteiger partial charge in [-0.15, -0.1) is 5.10 Å². The summed E-state index contributed by atoms with van der Waals surface area (Å²) in [5, 5.41) is 3.49. The molecular formula is C17H21N5O4S2. The summed E-state index contributed by atoms with van der Waals surface area (Å²) in [6.45, 7) is 4.03. The zero-order chi connectivity index (χ0) is 20.9. The van der Waals surface area contributed by atoms with Crippen molar-refractivity contribution in [2.24, 2.45) is 0 Å². The van der Waals surface area contributed by atoms with E-state index >= 15 is 0 Å². The highest BCUT2D eigenvalue weighted by molar-refractivity contribution is 7.91. The van der Waals surface area contributed by atoms with Crippen LogP contribution in [0.5, 0.6) is 0 Å². The fourth-order valence-electron chi connectivity index (χ4n) is 2.73. The Kier molecular flexibility index (Phi) is 4.92. The number of benzene rings is 1. The van der Waals surface area contributed by atoms with Crippen molar-refractivity contribution in [3.63, 3.8) is 0 Å². The summed E-state index contributed by atoms with van der Waals surface area (Å²) in [5.74, 6) is 0.0307. The van der Waals surface area contributed by atoms with Crippen molar-refractivity contribution < 1.29 is 12.6 Å². The van der Waals surface area contributed by atoms with E-state index in [4.69, 9.17) is 4.78 Å². The molecule has 1 aromatic carbocycles. The Labute approximate surface area is 162 Å². The number of rotatable bonds is 5. The van der Waals surface area contributed by atoms with Crippen LogP contribution in [0.25, 0.3) is 5.78 Å². The highest BCUT2D eigenvalue weighted by atomic mass is 32.2. The van der Waals surface area contributed by atoms with Gasteiger partial charge >= 0.3 is 0 Å². The van der Waals surface area contributed by atoms with E-state index in [1.807, 2.05) is 13.8 Å². The number of hydrogen-bond acceptors (Lipinski definition) is 7. The molecule has 0 spiro atoms. The molecule has 11 heteroatoms. The second-order valence-corrected chi connectivity index (χ2v) is 11.1. The first-order chi connectivity index (χ1) is 12.9. The van der Waals surface area contributed by atoms with Crippen LogP contribution in [0.1, 0.15) is 30.9 Å². The second-order valence-electron chi connectivity index (χ2n) is 7.04. The molecule has 1 unspecified atom stereocenters. The molecule has 1 atom stereocenters.